The molecule has 0 aliphatic rings. The molecule has 0 heterocycles. The second-order valence-corrected chi connectivity index (χ2v) is 4.81. The van der Waals surface area contributed by atoms with Crippen molar-refractivity contribution in [3.05, 3.63) is 65.2 Å². The van der Waals surface area contributed by atoms with Gasteiger partial charge in [0.15, 0.2) is 0 Å². The number of ether oxygens (including phenoxy) is 1. The second kappa shape index (κ2) is 8.05. The molecule has 0 saturated heterocycles. The molecule has 0 bridgehead atoms. The molecular weight excluding hydrogens is 318 g/mol. The summed E-state index contributed by atoms with van der Waals surface area (Å²) < 4.78 is 32.0. The molecule has 0 fully saturated rings. The predicted octanol–water partition coefficient (Wildman–Crippen LogP) is 2.13. The minimum atomic E-state index is -0.939. The van der Waals surface area contributed by atoms with Crippen LogP contribution in [0, 0.1) is 11.6 Å². The van der Waals surface area contributed by atoms with Crippen molar-refractivity contribution in [2.75, 3.05) is 20.2 Å². The van der Waals surface area contributed by atoms with E-state index < -0.39 is 23.1 Å². The molecule has 2 rings (SSSR count). The van der Waals surface area contributed by atoms with E-state index in [9.17, 15) is 18.4 Å². The normalized spacial score (nSPS) is 10.1. The van der Waals surface area contributed by atoms with E-state index in [-0.39, 0.29) is 19.0 Å². The van der Waals surface area contributed by atoms with Gasteiger partial charge >= 0.3 is 0 Å². The molecule has 0 radical (unpaired) electrons. The SMILES string of the molecule is COc1ccccc1C(=O)NCCNC(=O)c1c(F)cccc1F. The smallest absolute Gasteiger partial charge is 0.257 e. The van der Waals surface area contributed by atoms with Crippen LogP contribution in [0.3, 0.4) is 0 Å². The molecule has 0 unspecified atom stereocenters. The lowest BCUT2D eigenvalue weighted by Crippen LogP contribution is -2.35. The second-order valence-electron chi connectivity index (χ2n) is 4.81. The topological polar surface area (TPSA) is 67.4 Å². The zero-order chi connectivity index (χ0) is 17.5. The Labute approximate surface area is 137 Å². The Hall–Kier alpha value is -2.96. The minimum absolute atomic E-state index is 0.0213. The highest BCUT2D eigenvalue weighted by atomic mass is 19.1. The monoisotopic (exact) mass is 334 g/mol. The Balaban J connectivity index is 1.87. The van der Waals surface area contributed by atoms with Gasteiger partial charge in [0.1, 0.15) is 22.9 Å². The molecule has 7 heteroatoms. The van der Waals surface area contributed by atoms with Crippen LogP contribution in [0.5, 0.6) is 5.75 Å². The molecule has 0 aliphatic heterocycles. The molecule has 2 N–H and O–H groups in total. The van der Waals surface area contributed by atoms with Gasteiger partial charge in [-0.3, -0.25) is 9.59 Å². The maximum absolute atomic E-state index is 13.5. The van der Waals surface area contributed by atoms with E-state index in [4.69, 9.17) is 4.74 Å². The van der Waals surface area contributed by atoms with Crippen molar-refractivity contribution >= 4 is 11.8 Å². The maximum atomic E-state index is 13.5. The largest absolute Gasteiger partial charge is 0.496 e. The molecule has 0 atom stereocenters. The van der Waals surface area contributed by atoms with Gasteiger partial charge in [0.25, 0.3) is 11.8 Å². The van der Waals surface area contributed by atoms with Crippen molar-refractivity contribution < 1.29 is 23.1 Å². The molecule has 5 nitrogen and oxygen atoms in total. The third-order valence-corrected chi connectivity index (χ3v) is 3.24. The average molecular weight is 334 g/mol. The zero-order valence-corrected chi connectivity index (χ0v) is 12.9. The summed E-state index contributed by atoms with van der Waals surface area (Å²) in [6, 6.07) is 9.86. The van der Waals surface area contributed by atoms with Crippen molar-refractivity contribution in [3.8, 4) is 5.75 Å². The Morgan fingerprint density at radius 1 is 0.917 bits per heavy atom. The van der Waals surface area contributed by atoms with E-state index in [1.807, 2.05) is 0 Å². The summed E-state index contributed by atoms with van der Waals surface area (Å²) in [6.45, 7) is 0.117. The van der Waals surface area contributed by atoms with Gasteiger partial charge < -0.3 is 15.4 Å². The summed E-state index contributed by atoms with van der Waals surface area (Å²) in [5.74, 6) is -2.71. The molecule has 126 valence electrons. The first-order valence-electron chi connectivity index (χ1n) is 7.18. The van der Waals surface area contributed by atoms with Gasteiger partial charge in [-0.15, -0.1) is 0 Å². The molecule has 2 amide bonds. The number of rotatable bonds is 6. The highest BCUT2D eigenvalue weighted by Gasteiger charge is 2.16. The molecule has 24 heavy (non-hydrogen) atoms. The highest BCUT2D eigenvalue weighted by Crippen LogP contribution is 2.16. The van der Waals surface area contributed by atoms with Crippen molar-refractivity contribution in [2.45, 2.75) is 0 Å². The Morgan fingerprint density at radius 3 is 2.12 bits per heavy atom. The summed E-state index contributed by atoms with van der Waals surface area (Å²) in [5, 5.41) is 4.94. The summed E-state index contributed by atoms with van der Waals surface area (Å²) >= 11 is 0. The van der Waals surface area contributed by atoms with Crippen LogP contribution in [0.25, 0.3) is 0 Å². The first-order valence-corrected chi connectivity index (χ1v) is 7.18. The Kier molecular flexibility index (Phi) is 5.83. The van der Waals surface area contributed by atoms with Gasteiger partial charge in [-0.25, -0.2) is 8.78 Å². The number of benzene rings is 2. The van der Waals surface area contributed by atoms with Crippen LogP contribution in [0.15, 0.2) is 42.5 Å². The molecule has 0 spiro atoms. The Bertz CT molecular complexity index is 730. The summed E-state index contributed by atoms with van der Waals surface area (Å²) in [6.07, 6.45) is 0. The van der Waals surface area contributed by atoms with E-state index >= 15 is 0 Å². The summed E-state index contributed by atoms with van der Waals surface area (Å²) in [7, 11) is 1.45. The van der Waals surface area contributed by atoms with Crippen molar-refractivity contribution in [1.82, 2.24) is 10.6 Å². The number of nitrogens with one attached hydrogen (secondary N) is 2. The molecule has 0 saturated carbocycles. The number of carbonyl (C=O) groups is 2. The standard InChI is InChI=1S/C17H16F2N2O3/c1-24-14-8-3-2-5-11(14)16(22)20-9-10-21-17(23)15-12(18)6-4-7-13(15)19/h2-8H,9-10H2,1H3,(H,20,22)(H,21,23). The van der Waals surface area contributed by atoms with E-state index in [0.717, 1.165) is 12.1 Å². The van der Waals surface area contributed by atoms with Gasteiger partial charge in [-0.1, -0.05) is 18.2 Å². The van der Waals surface area contributed by atoms with Crippen LogP contribution in [-0.2, 0) is 0 Å². The fraction of sp³-hybridized carbons (Fsp3) is 0.176. The fourth-order valence-corrected chi connectivity index (χ4v) is 2.08. The minimum Gasteiger partial charge on any atom is -0.496 e. The van der Waals surface area contributed by atoms with Crippen LogP contribution < -0.4 is 15.4 Å². The molecule has 0 aliphatic carbocycles. The van der Waals surface area contributed by atoms with Crippen LogP contribution >= 0.6 is 0 Å². The number of para-hydroxylation sites is 1. The lowest BCUT2D eigenvalue weighted by molar-refractivity contribution is 0.0921. The Morgan fingerprint density at radius 2 is 1.50 bits per heavy atom. The molecule has 2 aromatic rings. The number of hydrogen-bond acceptors (Lipinski definition) is 3. The lowest BCUT2D eigenvalue weighted by Gasteiger charge is -2.10. The predicted molar refractivity (Wildman–Crippen MR) is 84.0 cm³/mol. The van der Waals surface area contributed by atoms with Gasteiger partial charge in [0.2, 0.25) is 0 Å². The number of carbonyl (C=O) groups excluding carboxylic acids is 2. The van der Waals surface area contributed by atoms with Crippen molar-refractivity contribution in [3.63, 3.8) is 0 Å². The third kappa shape index (κ3) is 4.07. The van der Waals surface area contributed by atoms with E-state index in [0.29, 0.717) is 11.3 Å². The molecule has 2 aromatic carbocycles. The zero-order valence-electron chi connectivity index (χ0n) is 12.9. The number of methoxy groups -OCH3 is 1. The first-order chi connectivity index (χ1) is 11.5. The van der Waals surface area contributed by atoms with Gasteiger partial charge in [0.05, 0.1) is 12.7 Å². The first kappa shape index (κ1) is 17.4. The summed E-state index contributed by atoms with van der Waals surface area (Å²) in [4.78, 5) is 23.8. The van der Waals surface area contributed by atoms with E-state index in [2.05, 4.69) is 10.6 Å². The maximum Gasteiger partial charge on any atom is 0.257 e. The van der Waals surface area contributed by atoms with Gasteiger partial charge in [-0.2, -0.15) is 0 Å². The molecular formula is C17H16F2N2O3. The average Bonchev–Trinajstić information content (AvgIpc) is 2.58. The van der Waals surface area contributed by atoms with E-state index in [1.54, 1.807) is 24.3 Å². The number of hydrogen-bond donors (Lipinski definition) is 2. The highest BCUT2D eigenvalue weighted by molar-refractivity contribution is 5.97. The van der Waals surface area contributed by atoms with Crippen molar-refractivity contribution in [1.29, 1.82) is 0 Å². The van der Waals surface area contributed by atoms with Crippen LogP contribution in [0.1, 0.15) is 20.7 Å². The summed E-state index contributed by atoms with van der Waals surface area (Å²) in [5.41, 5.74) is -0.292. The third-order valence-electron chi connectivity index (χ3n) is 3.24. The lowest BCUT2D eigenvalue weighted by atomic mass is 10.2. The number of halogens is 2. The van der Waals surface area contributed by atoms with Crippen molar-refractivity contribution in [2.24, 2.45) is 0 Å². The molecule has 0 aromatic heterocycles. The number of amides is 2. The van der Waals surface area contributed by atoms with Gasteiger partial charge in [-0.05, 0) is 24.3 Å². The quantitative estimate of drug-likeness (QED) is 0.796. The van der Waals surface area contributed by atoms with Gasteiger partial charge in [0, 0.05) is 13.1 Å². The van der Waals surface area contributed by atoms with Crippen LogP contribution in [-0.4, -0.2) is 32.0 Å². The van der Waals surface area contributed by atoms with E-state index in [1.165, 1.54) is 13.2 Å². The van der Waals surface area contributed by atoms with Crippen LogP contribution in [0.4, 0.5) is 8.78 Å². The fourth-order valence-electron chi connectivity index (χ4n) is 2.08. The van der Waals surface area contributed by atoms with Crippen LogP contribution in [0.2, 0.25) is 0 Å².